The molecule has 1 atom stereocenters. The van der Waals surface area contributed by atoms with Crippen molar-refractivity contribution >= 4 is 40.5 Å². The standard InChI is InChI=1S/C37H34N6O2/c1-4-5-11-25-16-22-28(23-17-25)38-34-36-40-35-32(24(2)41-43(35)29-12-7-6-8-13-29)33(26-18-20-27(21-19-26)37(44)45-3)42(36)31-15-10-9-14-30(31)39-34/h6-10,12-23,33H,4-5,11H2,1-3H3,(H,38,39). The highest BCUT2D eigenvalue weighted by Gasteiger charge is 2.41. The van der Waals surface area contributed by atoms with Crippen molar-refractivity contribution in [2.24, 2.45) is 9.98 Å². The zero-order valence-corrected chi connectivity index (χ0v) is 25.6. The number of rotatable bonds is 7. The number of esters is 1. The Morgan fingerprint density at radius 1 is 0.889 bits per heavy atom. The van der Waals surface area contributed by atoms with E-state index < -0.39 is 0 Å². The molecule has 45 heavy (non-hydrogen) atoms. The van der Waals surface area contributed by atoms with Crippen LogP contribution in [0, 0.1) is 6.92 Å². The number of carbonyl (C=O) groups is 1. The molecule has 0 saturated heterocycles. The SMILES string of the molecule is CCCCc1ccc(NC2=Nc3ccccc3N3C2=Nc2c(c(C)nn2-c2ccccc2)C3c2ccc(C(=O)OC)cc2)cc1. The monoisotopic (exact) mass is 594 g/mol. The van der Waals surface area contributed by atoms with Crippen molar-refractivity contribution < 1.29 is 9.53 Å². The van der Waals surface area contributed by atoms with Crippen LogP contribution in [0.1, 0.15) is 58.5 Å². The molecule has 2 aliphatic rings. The Hall–Kier alpha value is -5.50. The van der Waals surface area contributed by atoms with Crippen LogP contribution in [0.25, 0.3) is 5.69 Å². The van der Waals surface area contributed by atoms with Crippen LogP contribution in [0.3, 0.4) is 0 Å². The maximum atomic E-state index is 12.3. The van der Waals surface area contributed by atoms with Crippen LogP contribution >= 0.6 is 0 Å². The van der Waals surface area contributed by atoms with Crippen molar-refractivity contribution in [1.82, 2.24) is 9.78 Å². The number of ether oxygens (including phenoxy) is 1. The van der Waals surface area contributed by atoms with E-state index >= 15 is 0 Å². The van der Waals surface area contributed by atoms with Crippen molar-refractivity contribution in [3.8, 4) is 5.69 Å². The molecule has 1 unspecified atom stereocenters. The summed E-state index contributed by atoms with van der Waals surface area (Å²) in [5, 5.41) is 8.59. The number of nitrogens with zero attached hydrogens (tertiary/aromatic N) is 5. The molecule has 0 saturated carbocycles. The van der Waals surface area contributed by atoms with Gasteiger partial charge < -0.3 is 15.0 Å². The molecule has 0 radical (unpaired) electrons. The summed E-state index contributed by atoms with van der Waals surface area (Å²) in [6.07, 6.45) is 3.40. The van der Waals surface area contributed by atoms with E-state index in [1.807, 2.05) is 84.4 Å². The van der Waals surface area contributed by atoms with Gasteiger partial charge in [-0.25, -0.2) is 19.5 Å². The largest absolute Gasteiger partial charge is 0.465 e. The predicted octanol–water partition coefficient (Wildman–Crippen LogP) is 8.11. The van der Waals surface area contributed by atoms with Crippen LogP contribution in [0.15, 0.2) is 113 Å². The molecule has 1 aromatic heterocycles. The smallest absolute Gasteiger partial charge is 0.337 e. The average molecular weight is 595 g/mol. The molecular formula is C37H34N6O2. The Bertz CT molecular complexity index is 1920. The van der Waals surface area contributed by atoms with Gasteiger partial charge in [-0.3, -0.25) is 0 Å². The van der Waals surface area contributed by atoms with Crippen molar-refractivity contribution in [2.75, 3.05) is 17.3 Å². The lowest BCUT2D eigenvalue weighted by atomic mass is 9.92. The van der Waals surface area contributed by atoms with Crippen molar-refractivity contribution in [1.29, 1.82) is 0 Å². The second-order valence-corrected chi connectivity index (χ2v) is 11.3. The predicted molar refractivity (Wildman–Crippen MR) is 180 cm³/mol. The summed E-state index contributed by atoms with van der Waals surface area (Å²) in [5.41, 5.74) is 8.30. The minimum Gasteiger partial charge on any atom is -0.465 e. The van der Waals surface area contributed by atoms with Gasteiger partial charge in [-0.15, -0.1) is 0 Å². The lowest BCUT2D eigenvalue weighted by molar-refractivity contribution is 0.0600. The molecule has 5 aromatic rings. The molecular weight excluding hydrogens is 560 g/mol. The average Bonchev–Trinajstić information content (AvgIpc) is 3.43. The fourth-order valence-electron chi connectivity index (χ4n) is 6.05. The maximum absolute atomic E-state index is 12.3. The van der Waals surface area contributed by atoms with Crippen LogP contribution in [0.4, 0.5) is 22.9 Å². The van der Waals surface area contributed by atoms with E-state index in [2.05, 4.69) is 47.5 Å². The third-order valence-corrected chi connectivity index (χ3v) is 8.32. The highest BCUT2D eigenvalue weighted by Crippen LogP contribution is 2.48. The zero-order valence-electron chi connectivity index (χ0n) is 25.6. The number of fused-ring (bicyclic) bond motifs is 4. The van der Waals surface area contributed by atoms with Crippen LogP contribution in [-0.2, 0) is 11.2 Å². The highest BCUT2D eigenvalue weighted by molar-refractivity contribution is 6.51. The first-order chi connectivity index (χ1) is 22.1. The highest BCUT2D eigenvalue weighted by atomic mass is 16.5. The van der Waals surface area contributed by atoms with Gasteiger partial charge >= 0.3 is 5.97 Å². The molecule has 7 rings (SSSR count). The summed E-state index contributed by atoms with van der Waals surface area (Å²) in [7, 11) is 1.39. The first-order valence-electron chi connectivity index (χ1n) is 15.3. The van der Waals surface area contributed by atoms with E-state index in [9.17, 15) is 4.79 Å². The number of amidine groups is 2. The molecule has 0 spiro atoms. The van der Waals surface area contributed by atoms with E-state index in [0.717, 1.165) is 51.8 Å². The van der Waals surface area contributed by atoms with Crippen molar-refractivity contribution in [3.63, 3.8) is 0 Å². The number of carbonyl (C=O) groups excluding carboxylic acids is 1. The fraction of sp³-hybridized carbons (Fsp3) is 0.189. The summed E-state index contributed by atoms with van der Waals surface area (Å²) in [6.45, 7) is 4.24. The second kappa shape index (κ2) is 11.9. The molecule has 224 valence electrons. The van der Waals surface area contributed by atoms with Crippen LogP contribution in [-0.4, -0.2) is 34.5 Å². The minimum atomic E-state index is -0.371. The lowest BCUT2D eigenvalue weighted by Crippen LogP contribution is -2.46. The Balaban J connectivity index is 1.41. The first-order valence-corrected chi connectivity index (χ1v) is 15.3. The summed E-state index contributed by atoms with van der Waals surface area (Å²) >= 11 is 0. The minimum absolute atomic E-state index is 0.290. The van der Waals surface area contributed by atoms with Gasteiger partial charge in [0, 0.05) is 11.3 Å². The topological polar surface area (TPSA) is 84.1 Å². The Kier molecular flexibility index (Phi) is 7.47. The van der Waals surface area contributed by atoms with Gasteiger partial charge in [-0.05, 0) is 79.4 Å². The van der Waals surface area contributed by atoms with Gasteiger partial charge in [0.05, 0.1) is 41.5 Å². The van der Waals surface area contributed by atoms with Gasteiger partial charge in [-0.2, -0.15) is 5.10 Å². The number of benzene rings is 4. The molecule has 4 aromatic carbocycles. The molecule has 0 bridgehead atoms. The fourth-order valence-corrected chi connectivity index (χ4v) is 6.05. The molecule has 3 heterocycles. The maximum Gasteiger partial charge on any atom is 0.337 e. The molecule has 0 aliphatic carbocycles. The molecule has 8 nitrogen and oxygen atoms in total. The van der Waals surface area contributed by atoms with E-state index in [1.54, 1.807) is 0 Å². The van der Waals surface area contributed by atoms with Crippen molar-refractivity contribution in [3.05, 3.63) is 131 Å². The number of aryl methyl sites for hydroxylation is 2. The molecule has 0 amide bonds. The number of aromatic nitrogens is 2. The van der Waals surface area contributed by atoms with Gasteiger partial charge in [-0.1, -0.05) is 67.9 Å². The zero-order chi connectivity index (χ0) is 30.9. The van der Waals surface area contributed by atoms with E-state index in [-0.39, 0.29) is 12.0 Å². The molecule has 2 aliphatic heterocycles. The number of unbranched alkanes of at least 4 members (excludes halogenated alkanes) is 1. The third kappa shape index (κ3) is 5.18. The Morgan fingerprint density at radius 3 is 2.36 bits per heavy atom. The number of anilines is 2. The molecule has 0 fully saturated rings. The number of methoxy groups -OCH3 is 1. The normalized spacial score (nSPS) is 14.9. The van der Waals surface area contributed by atoms with Crippen LogP contribution in [0.2, 0.25) is 0 Å². The van der Waals surface area contributed by atoms with E-state index in [0.29, 0.717) is 17.2 Å². The third-order valence-electron chi connectivity index (χ3n) is 8.32. The molecule has 1 N–H and O–H groups in total. The number of hydrogen-bond donors (Lipinski definition) is 1. The van der Waals surface area contributed by atoms with E-state index in [4.69, 9.17) is 19.8 Å². The number of aliphatic imine (C=N–C) groups is 2. The first kappa shape index (κ1) is 28.3. The second-order valence-electron chi connectivity index (χ2n) is 11.3. The summed E-state index contributed by atoms with van der Waals surface area (Å²) in [4.78, 5) is 24.9. The van der Waals surface area contributed by atoms with Gasteiger partial charge in [0.15, 0.2) is 17.5 Å². The lowest BCUT2D eigenvalue weighted by Gasteiger charge is -2.40. The number of hydrogen-bond acceptors (Lipinski definition) is 7. The quantitative estimate of drug-likeness (QED) is 0.193. The molecule has 8 heteroatoms. The van der Waals surface area contributed by atoms with Crippen LogP contribution in [0.5, 0.6) is 0 Å². The summed E-state index contributed by atoms with van der Waals surface area (Å²) in [5.74, 6) is 1.71. The Labute approximate surface area is 262 Å². The number of nitrogens with one attached hydrogen (secondary N) is 1. The Morgan fingerprint density at radius 2 is 1.62 bits per heavy atom. The van der Waals surface area contributed by atoms with E-state index in [1.165, 1.54) is 25.5 Å². The van der Waals surface area contributed by atoms with Crippen molar-refractivity contribution in [2.45, 2.75) is 39.2 Å². The summed E-state index contributed by atoms with van der Waals surface area (Å²) < 4.78 is 6.88. The number of para-hydroxylation sites is 3. The van der Waals surface area contributed by atoms with Gasteiger partial charge in [0.2, 0.25) is 0 Å². The van der Waals surface area contributed by atoms with Gasteiger partial charge in [0.1, 0.15) is 0 Å². The summed E-state index contributed by atoms with van der Waals surface area (Å²) in [6, 6.07) is 34.0. The van der Waals surface area contributed by atoms with Crippen LogP contribution < -0.4 is 10.2 Å². The van der Waals surface area contributed by atoms with Gasteiger partial charge in [0.25, 0.3) is 0 Å².